The first-order chi connectivity index (χ1) is 8.48. The van der Waals surface area contributed by atoms with Crippen LogP contribution in [0.5, 0.6) is 0 Å². The minimum atomic E-state index is -0.768. The Labute approximate surface area is 107 Å². The van der Waals surface area contributed by atoms with Crippen LogP contribution in [-0.4, -0.2) is 29.8 Å². The van der Waals surface area contributed by atoms with Gasteiger partial charge in [-0.2, -0.15) is 0 Å². The molecule has 2 unspecified atom stereocenters. The molecule has 5 heteroatoms. The Hall–Kier alpha value is -1.52. The standard InChI is InChI=1S/C13H21NO4/c1-3-14-12(17)18-10-6-4-8-13(2,11(15)16)9-5-7-10/h4,6,10H,3,5,7-9H2,1-2H3,(H,14,17)(H,15,16)/b6-4+. The van der Waals surface area contributed by atoms with Gasteiger partial charge < -0.3 is 15.2 Å². The number of carbonyl (C=O) groups excluding carboxylic acids is 1. The van der Waals surface area contributed by atoms with Gasteiger partial charge in [0.1, 0.15) is 6.10 Å². The number of rotatable bonds is 3. The highest BCUT2D eigenvalue weighted by Crippen LogP contribution is 2.31. The normalized spacial score (nSPS) is 29.8. The number of carboxylic acids is 1. The number of amides is 1. The molecular formula is C13H21NO4. The van der Waals surface area contributed by atoms with Crippen molar-refractivity contribution in [3.63, 3.8) is 0 Å². The molecule has 0 bridgehead atoms. The first kappa shape index (κ1) is 14.5. The van der Waals surface area contributed by atoms with Crippen molar-refractivity contribution in [2.75, 3.05) is 6.54 Å². The topological polar surface area (TPSA) is 75.6 Å². The monoisotopic (exact) mass is 255 g/mol. The maximum Gasteiger partial charge on any atom is 0.407 e. The van der Waals surface area contributed by atoms with E-state index in [4.69, 9.17) is 9.84 Å². The van der Waals surface area contributed by atoms with Gasteiger partial charge in [0.15, 0.2) is 0 Å². The van der Waals surface area contributed by atoms with Crippen molar-refractivity contribution in [1.82, 2.24) is 5.32 Å². The van der Waals surface area contributed by atoms with Gasteiger partial charge in [0, 0.05) is 6.54 Å². The molecule has 1 aliphatic rings. The molecule has 5 nitrogen and oxygen atoms in total. The predicted octanol–water partition coefficient (Wildman–Crippen LogP) is 2.32. The Morgan fingerprint density at radius 3 is 2.89 bits per heavy atom. The lowest BCUT2D eigenvalue weighted by Gasteiger charge is -2.26. The van der Waals surface area contributed by atoms with Crippen molar-refractivity contribution >= 4 is 12.1 Å². The number of aliphatic carboxylic acids is 1. The molecule has 0 fully saturated rings. The Balaban J connectivity index is 2.56. The molecular weight excluding hydrogens is 234 g/mol. The van der Waals surface area contributed by atoms with Crippen molar-refractivity contribution < 1.29 is 19.4 Å². The molecule has 18 heavy (non-hydrogen) atoms. The van der Waals surface area contributed by atoms with E-state index in [0.717, 1.165) is 6.42 Å². The molecule has 102 valence electrons. The number of carbonyl (C=O) groups is 2. The van der Waals surface area contributed by atoms with Crippen LogP contribution < -0.4 is 5.32 Å². The molecule has 2 atom stereocenters. The summed E-state index contributed by atoms with van der Waals surface area (Å²) in [7, 11) is 0. The largest absolute Gasteiger partial charge is 0.481 e. The van der Waals surface area contributed by atoms with Gasteiger partial charge in [0.25, 0.3) is 0 Å². The summed E-state index contributed by atoms with van der Waals surface area (Å²) in [5, 5.41) is 11.7. The first-order valence-corrected chi connectivity index (χ1v) is 6.32. The lowest BCUT2D eigenvalue weighted by Crippen LogP contribution is -2.31. The summed E-state index contributed by atoms with van der Waals surface area (Å²) in [5.41, 5.74) is -0.701. The van der Waals surface area contributed by atoms with E-state index in [1.807, 2.05) is 6.92 Å². The summed E-state index contributed by atoms with van der Waals surface area (Å²) in [4.78, 5) is 22.4. The third kappa shape index (κ3) is 4.05. The maximum atomic E-state index is 11.3. The van der Waals surface area contributed by atoms with Crippen molar-refractivity contribution in [1.29, 1.82) is 0 Å². The molecule has 1 rings (SSSR count). The van der Waals surface area contributed by atoms with Gasteiger partial charge in [-0.05, 0) is 45.6 Å². The van der Waals surface area contributed by atoms with Crippen LogP contribution >= 0.6 is 0 Å². The number of ether oxygens (including phenoxy) is 1. The number of alkyl carbamates (subject to hydrolysis) is 1. The molecule has 0 aromatic rings. The zero-order valence-electron chi connectivity index (χ0n) is 10.9. The summed E-state index contributed by atoms with van der Waals surface area (Å²) in [6, 6.07) is 0. The highest BCUT2D eigenvalue weighted by atomic mass is 16.6. The molecule has 0 aliphatic heterocycles. The second kappa shape index (κ2) is 6.42. The second-order valence-corrected chi connectivity index (χ2v) is 4.86. The average Bonchev–Trinajstić information content (AvgIpc) is 2.26. The van der Waals surface area contributed by atoms with Crippen molar-refractivity contribution in [2.24, 2.45) is 5.41 Å². The van der Waals surface area contributed by atoms with Crippen LogP contribution in [0.25, 0.3) is 0 Å². The van der Waals surface area contributed by atoms with Crippen LogP contribution in [0.15, 0.2) is 12.2 Å². The minimum absolute atomic E-state index is 0.255. The average molecular weight is 255 g/mol. The molecule has 1 amide bonds. The predicted molar refractivity (Wildman–Crippen MR) is 67.3 cm³/mol. The zero-order chi connectivity index (χ0) is 13.6. The fourth-order valence-electron chi connectivity index (χ4n) is 1.99. The highest BCUT2D eigenvalue weighted by Gasteiger charge is 2.32. The van der Waals surface area contributed by atoms with Gasteiger partial charge in [-0.1, -0.05) is 6.08 Å². The van der Waals surface area contributed by atoms with Crippen LogP contribution in [0.2, 0.25) is 0 Å². The van der Waals surface area contributed by atoms with Crippen LogP contribution in [0, 0.1) is 5.41 Å². The number of allylic oxidation sites excluding steroid dienone is 1. The summed E-state index contributed by atoms with van der Waals surface area (Å²) >= 11 is 0. The minimum Gasteiger partial charge on any atom is -0.481 e. The number of nitrogens with one attached hydrogen (secondary N) is 1. The quantitative estimate of drug-likeness (QED) is 0.759. The van der Waals surface area contributed by atoms with Gasteiger partial charge in [-0.25, -0.2) is 4.79 Å². The van der Waals surface area contributed by atoms with Crippen LogP contribution in [0.1, 0.15) is 39.5 Å². The molecule has 2 N–H and O–H groups in total. The van der Waals surface area contributed by atoms with Gasteiger partial charge in [-0.15, -0.1) is 0 Å². The molecule has 0 radical (unpaired) electrons. The summed E-state index contributed by atoms with van der Waals surface area (Å²) in [5.74, 6) is -0.768. The van der Waals surface area contributed by atoms with Gasteiger partial charge in [-0.3, -0.25) is 4.79 Å². The zero-order valence-corrected chi connectivity index (χ0v) is 10.9. The van der Waals surface area contributed by atoms with Gasteiger partial charge in [0.2, 0.25) is 0 Å². The molecule has 0 spiro atoms. The fourth-order valence-corrected chi connectivity index (χ4v) is 1.99. The molecule has 0 saturated carbocycles. The van der Waals surface area contributed by atoms with E-state index in [9.17, 15) is 9.59 Å². The van der Waals surface area contributed by atoms with E-state index < -0.39 is 17.5 Å². The van der Waals surface area contributed by atoms with E-state index in [0.29, 0.717) is 25.8 Å². The second-order valence-electron chi connectivity index (χ2n) is 4.86. The highest BCUT2D eigenvalue weighted by molar-refractivity contribution is 5.74. The van der Waals surface area contributed by atoms with E-state index in [1.54, 1.807) is 19.1 Å². The van der Waals surface area contributed by atoms with E-state index in [1.165, 1.54) is 0 Å². The smallest absolute Gasteiger partial charge is 0.407 e. The Bertz CT molecular complexity index is 340. The lowest BCUT2D eigenvalue weighted by atomic mass is 9.80. The summed E-state index contributed by atoms with van der Waals surface area (Å²) < 4.78 is 5.21. The van der Waals surface area contributed by atoms with Gasteiger partial charge >= 0.3 is 12.1 Å². The number of carboxylic acid groups (broad SMARTS) is 1. The van der Waals surface area contributed by atoms with Crippen LogP contribution in [0.3, 0.4) is 0 Å². The Morgan fingerprint density at radius 1 is 1.56 bits per heavy atom. The third-order valence-corrected chi connectivity index (χ3v) is 3.23. The van der Waals surface area contributed by atoms with Crippen molar-refractivity contribution in [3.05, 3.63) is 12.2 Å². The summed E-state index contributed by atoms with van der Waals surface area (Å²) in [6.45, 7) is 4.12. The third-order valence-electron chi connectivity index (χ3n) is 3.23. The number of hydrogen-bond donors (Lipinski definition) is 2. The Kier molecular flexibility index (Phi) is 5.19. The lowest BCUT2D eigenvalue weighted by molar-refractivity contribution is -0.148. The maximum absolute atomic E-state index is 11.3. The van der Waals surface area contributed by atoms with Crippen molar-refractivity contribution in [2.45, 2.75) is 45.6 Å². The van der Waals surface area contributed by atoms with Crippen LogP contribution in [0.4, 0.5) is 4.79 Å². The molecule has 0 saturated heterocycles. The molecule has 0 heterocycles. The Morgan fingerprint density at radius 2 is 2.28 bits per heavy atom. The van der Waals surface area contributed by atoms with Crippen LogP contribution in [-0.2, 0) is 9.53 Å². The molecule has 1 aliphatic carbocycles. The SMILES string of the molecule is CCNC(=O)OC1/C=C/CC(C)(C(=O)O)CCC1. The fraction of sp³-hybridized carbons (Fsp3) is 0.692. The van der Waals surface area contributed by atoms with E-state index in [-0.39, 0.29) is 6.10 Å². The van der Waals surface area contributed by atoms with E-state index >= 15 is 0 Å². The van der Waals surface area contributed by atoms with Crippen molar-refractivity contribution in [3.8, 4) is 0 Å². The van der Waals surface area contributed by atoms with E-state index in [2.05, 4.69) is 5.32 Å². The first-order valence-electron chi connectivity index (χ1n) is 6.32. The van der Waals surface area contributed by atoms with Gasteiger partial charge in [0.05, 0.1) is 5.41 Å². The molecule has 0 aromatic heterocycles. The summed E-state index contributed by atoms with van der Waals surface area (Å²) in [6.07, 6.45) is 5.38. The molecule has 0 aromatic carbocycles. The number of hydrogen-bond acceptors (Lipinski definition) is 3.